The first kappa shape index (κ1) is 21.7. The number of aryl methyl sites for hydroxylation is 1. The molecule has 0 spiro atoms. The van der Waals surface area contributed by atoms with Crippen molar-refractivity contribution in [1.29, 1.82) is 0 Å². The molecule has 0 unspecified atom stereocenters. The number of carbonyl (C=O) groups excluding carboxylic acids is 1. The quantitative estimate of drug-likeness (QED) is 0.435. The zero-order valence-corrected chi connectivity index (χ0v) is 18.3. The number of halogens is 1. The van der Waals surface area contributed by atoms with Crippen molar-refractivity contribution in [3.05, 3.63) is 65.7 Å². The molecule has 0 saturated heterocycles. The van der Waals surface area contributed by atoms with Gasteiger partial charge < -0.3 is 14.8 Å². The maximum atomic E-state index is 12.9. The van der Waals surface area contributed by atoms with E-state index in [1.54, 1.807) is 36.3 Å². The van der Waals surface area contributed by atoms with Crippen molar-refractivity contribution in [2.24, 2.45) is 0 Å². The van der Waals surface area contributed by atoms with E-state index in [1.165, 1.54) is 6.33 Å². The minimum atomic E-state index is -0.861. The molecular weight excluding hydrogens is 432 g/mol. The first-order valence-corrected chi connectivity index (χ1v) is 10.3. The van der Waals surface area contributed by atoms with Gasteiger partial charge in [-0.2, -0.15) is 5.10 Å². The van der Waals surface area contributed by atoms with Crippen LogP contribution in [0.15, 0.2) is 55.1 Å². The van der Waals surface area contributed by atoms with Crippen LogP contribution >= 0.6 is 11.6 Å². The summed E-state index contributed by atoms with van der Waals surface area (Å²) < 4.78 is 12.8. The zero-order chi connectivity index (χ0) is 22.5. The summed E-state index contributed by atoms with van der Waals surface area (Å²) in [6.07, 6.45) is 4.08. The highest BCUT2D eigenvalue weighted by atomic mass is 35.5. The van der Waals surface area contributed by atoms with Crippen LogP contribution in [0, 0.1) is 6.92 Å². The SMILES string of the molecule is COCC[C@H](Oc1ncnc2c1cnn2-c1ccccc1Cl)C(=O)Nc1ccc(C)cn1. The number of fused-ring (bicyclic) bond motifs is 1. The fraction of sp³-hybridized carbons (Fsp3) is 0.227. The predicted molar refractivity (Wildman–Crippen MR) is 120 cm³/mol. The summed E-state index contributed by atoms with van der Waals surface area (Å²) in [7, 11) is 1.56. The van der Waals surface area contributed by atoms with Crippen LogP contribution in [0.25, 0.3) is 16.7 Å². The molecule has 0 saturated carbocycles. The number of hydrogen-bond donors (Lipinski definition) is 1. The third kappa shape index (κ3) is 4.68. The summed E-state index contributed by atoms with van der Waals surface area (Å²) in [6.45, 7) is 2.25. The molecule has 0 fully saturated rings. The number of aromatic nitrogens is 5. The van der Waals surface area contributed by atoms with Crippen LogP contribution in [0.2, 0.25) is 5.02 Å². The van der Waals surface area contributed by atoms with Crippen molar-refractivity contribution < 1.29 is 14.3 Å². The summed E-state index contributed by atoms with van der Waals surface area (Å²) >= 11 is 6.32. The van der Waals surface area contributed by atoms with Gasteiger partial charge >= 0.3 is 0 Å². The molecule has 10 heteroatoms. The molecule has 32 heavy (non-hydrogen) atoms. The van der Waals surface area contributed by atoms with E-state index in [2.05, 4.69) is 25.4 Å². The van der Waals surface area contributed by atoms with E-state index in [0.717, 1.165) is 5.56 Å². The number of nitrogens with zero attached hydrogens (tertiary/aromatic N) is 5. The van der Waals surface area contributed by atoms with Crippen LogP contribution in [0.1, 0.15) is 12.0 Å². The number of methoxy groups -OCH3 is 1. The number of hydrogen-bond acceptors (Lipinski definition) is 7. The highest BCUT2D eigenvalue weighted by Crippen LogP contribution is 2.27. The van der Waals surface area contributed by atoms with Gasteiger partial charge in [-0.1, -0.05) is 29.8 Å². The van der Waals surface area contributed by atoms with Gasteiger partial charge in [0, 0.05) is 19.7 Å². The van der Waals surface area contributed by atoms with Crippen molar-refractivity contribution in [2.75, 3.05) is 19.0 Å². The van der Waals surface area contributed by atoms with Crippen molar-refractivity contribution in [1.82, 2.24) is 24.7 Å². The first-order chi connectivity index (χ1) is 15.6. The molecule has 4 aromatic rings. The summed E-state index contributed by atoms with van der Waals surface area (Å²) in [5.41, 5.74) is 2.18. The molecule has 1 atom stereocenters. The van der Waals surface area contributed by atoms with E-state index in [1.807, 2.05) is 31.2 Å². The Morgan fingerprint density at radius 2 is 2.00 bits per heavy atom. The van der Waals surface area contributed by atoms with E-state index < -0.39 is 6.10 Å². The van der Waals surface area contributed by atoms with Gasteiger partial charge in [0.1, 0.15) is 17.5 Å². The van der Waals surface area contributed by atoms with Crippen LogP contribution in [0.5, 0.6) is 5.88 Å². The highest BCUT2D eigenvalue weighted by Gasteiger charge is 2.24. The topological polar surface area (TPSA) is 104 Å². The van der Waals surface area contributed by atoms with E-state index in [4.69, 9.17) is 21.1 Å². The van der Waals surface area contributed by atoms with Gasteiger partial charge in [-0.05, 0) is 30.7 Å². The zero-order valence-electron chi connectivity index (χ0n) is 17.5. The minimum absolute atomic E-state index is 0.237. The second kappa shape index (κ2) is 9.71. The molecule has 0 aliphatic heterocycles. The molecular formula is C22H21ClN6O3. The Morgan fingerprint density at radius 1 is 1.16 bits per heavy atom. The number of carbonyl (C=O) groups is 1. The molecule has 1 aromatic carbocycles. The first-order valence-electron chi connectivity index (χ1n) is 9.89. The van der Waals surface area contributed by atoms with Gasteiger partial charge in [0.2, 0.25) is 5.88 Å². The Balaban J connectivity index is 1.62. The Bertz CT molecular complexity index is 1230. The summed E-state index contributed by atoms with van der Waals surface area (Å²) in [5, 5.41) is 8.25. The monoisotopic (exact) mass is 452 g/mol. The van der Waals surface area contributed by atoms with Gasteiger partial charge in [-0.15, -0.1) is 0 Å². The molecule has 3 heterocycles. The molecule has 0 aliphatic rings. The van der Waals surface area contributed by atoms with Crippen LogP contribution < -0.4 is 10.1 Å². The summed E-state index contributed by atoms with van der Waals surface area (Å²) in [4.78, 5) is 25.7. The smallest absolute Gasteiger partial charge is 0.266 e. The Kier molecular flexibility index (Phi) is 6.58. The molecule has 1 amide bonds. The molecule has 1 N–H and O–H groups in total. The van der Waals surface area contributed by atoms with E-state index in [9.17, 15) is 4.79 Å². The highest BCUT2D eigenvalue weighted by molar-refractivity contribution is 6.32. The van der Waals surface area contributed by atoms with Crippen LogP contribution in [0.3, 0.4) is 0 Å². The maximum absolute atomic E-state index is 12.9. The number of amides is 1. The predicted octanol–water partition coefficient (Wildman–Crippen LogP) is 3.59. The van der Waals surface area contributed by atoms with Crippen LogP contribution in [-0.2, 0) is 9.53 Å². The van der Waals surface area contributed by atoms with Crippen LogP contribution in [-0.4, -0.2) is 50.5 Å². The van der Waals surface area contributed by atoms with Gasteiger partial charge in [-0.3, -0.25) is 4.79 Å². The lowest BCUT2D eigenvalue weighted by atomic mass is 10.2. The van der Waals surface area contributed by atoms with Crippen molar-refractivity contribution in [3.63, 3.8) is 0 Å². The van der Waals surface area contributed by atoms with Crippen molar-refractivity contribution in [2.45, 2.75) is 19.4 Å². The summed E-state index contributed by atoms with van der Waals surface area (Å²) in [6, 6.07) is 10.9. The number of para-hydroxylation sites is 1. The lowest BCUT2D eigenvalue weighted by molar-refractivity contribution is -0.123. The van der Waals surface area contributed by atoms with Crippen LogP contribution in [0.4, 0.5) is 5.82 Å². The number of nitrogens with one attached hydrogen (secondary N) is 1. The lowest BCUT2D eigenvalue weighted by Gasteiger charge is -2.18. The molecule has 0 aliphatic carbocycles. The number of ether oxygens (including phenoxy) is 2. The Morgan fingerprint density at radius 3 is 2.75 bits per heavy atom. The van der Waals surface area contributed by atoms with Gasteiger partial charge in [0.25, 0.3) is 5.91 Å². The third-order valence-corrected chi connectivity index (χ3v) is 5.02. The standard InChI is InChI=1S/C22H21ClN6O3/c1-14-7-8-19(24-11-14)28-21(30)18(9-10-31-2)32-22-15-12-27-29(20(15)25-13-26-22)17-6-4-3-5-16(17)23/h3-8,11-13,18H,9-10H2,1-2H3,(H,24,28,30)/t18-/m0/s1. The van der Waals surface area contributed by atoms with Gasteiger partial charge in [-0.25, -0.2) is 19.6 Å². The molecule has 0 bridgehead atoms. The second-order valence-electron chi connectivity index (χ2n) is 7.02. The van der Waals surface area contributed by atoms with Crippen molar-refractivity contribution in [3.8, 4) is 11.6 Å². The molecule has 0 radical (unpaired) electrons. The molecule has 3 aromatic heterocycles. The maximum Gasteiger partial charge on any atom is 0.266 e. The Labute approximate surface area is 189 Å². The normalized spacial score (nSPS) is 12.0. The molecule has 164 valence electrons. The average Bonchev–Trinajstić information content (AvgIpc) is 3.23. The largest absolute Gasteiger partial charge is 0.464 e. The van der Waals surface area contributed by atoms with Gasteiger partial charge in [0.05, 0.1) is 23.5 Å². The lowest BCUT2D eigenvalue weighted by Crippen LogP contribution is -2.34. The van der Waals surface area contributed by atoms with E-state index >= 15 is 0 Å². The average molecular weight is 453 g/mol. The third-order valence-electron chi connectivity index (χ3n) is 4.70. The number of rotatable bonds is 8. The number of anilines is 1. The molecule has 9 nitrogen and oxygen atoms in total. The fourth-order valence-electron chi connectivity index (χ4n) is 3.07. The minimum Gasteiger partial charge on any atom is -0.464 e. The summed E-state index contributed by atoms with van der Waals surface area (Å²) in [5.74, 6) is 0.316. The van der Waals surface area contributed by atoms with E-state index in [0.29, 0.717) is 40.6 Å². The number of benzene rings is 1. The second-order valence-corrected chi connectivity index (χ2v) is 7.43. The Hall–Kier alpha value is -3.56. The number of pyridine rings is 1. The fourth-order valence-corrected chi connectivity index (χ4v) is 3.28. The van der Waals surface area contributed by atoms with E-state index in [-0.39, 0.29) is 11.8 Å². The molecule has 4 rings (SSSR count). The van der Waals surface area contributed by atoms with Crippen molar-refractivity contribution >= 4 is 34.4 Å². The van der Waals surface area contributed by atoms with Gasteiger partial charge in [0.15, 0.2) is 11.8 Å².